The summed E-state index contributed by atoms with van der Waals surface area (Å²) < 4.78 is 10.2. The van der Waals surface area contributed by atoms with Crippen LogP contribution in [0.1, 0.15) is 59.3 Å². The summed E-state index contributed by atoms with van der Waals surface area (Å²) >= 11 is 3.57. The summed E-state index contributed by atoms with van der Waals surface area (Å²) in [7, 11) is 8.27. The van der Waals surface area contributed by atoms with E-state index < -0.39 is 18.4 Å². The second kappa shape index (κ2) is 18.5. The fourth-order valence-corrected chi connectivity index (χ4v) is 25.5. The van der Waals surface area contributed by atoms with Crippen LogP contribution in [-0.4, -0.2) is 56.5 Å². The molecular formula is C42H53IN4S2Sn. The Balaban J connectivity index is 0.000000217. The maximum Gasteiger partial charge on any atom is 0.124 e. The average molecular weight is 922 g/mol. The van der Waals surface area contributed by atoms with Gasteiger partial charge < -0.3 is 4.90 Å². The van der Waals surface area contributed by atoms with Crippen LogP contribution in [0.2, 0.25) is 13.3 Å². The average Bonchev–Trinajstić information content (AvgIpc) is 3.76. The number of halogens is 1. The first-order valence-electron chi connectivity index (χ1n) is 18.2. The third-order valence-electron chi connectivity index (χ3n) is 9.64. The van der Waals surface area contributed by atoms with Crippen molar-refractivity contribution in [3.05, 3.63) is 88.5 Å². The van der Waals surface area contributed by atoms with Crippen molar-refractivity contribution < 1.29 is 0 Å². The van der Waals surface area contributed by atoms with Gasteiger partial charge in [0.2, 0.25) is 0 Å². The standard InChI is InChI=1S/C15H13IN2S.C15H13N2S.3C4H9.Sn/c1-18(2)12-6-3-10(4-7-12)15-17-13-8-5-11(16)9-14(13)19-15;1-17(2)12-9-7-11(8-10-12)15-16-13-5-3-4-6-14(13)18-15;3*1-3-4-2;/h3-9H,1-2H3;3,5-10H,1-2H3;3*1,3-4H2,2H3;/i16-2;;;;;. The second-order valence-electron chi connectivity index (χ2n) is 13.8. The maximum absolute atomic E-state index is 5.00. The van der Waals surface area contributed by atoms with Gasteiger partial charge in [0, 0.05) is 28.9 Å². The summed E-state index contributed by atoms with van der Waals surface area (Å²) in [5.74, 6) is 0. The Hall–Kier alpha value is -2.21. The number of anilines is 2. The quantitative estimate of drug-likeness (QED) is 0.0805. The minimum Gasteiger partial charge on any atom is -0.378 e. The molecule has 6 rings (SSSR count). The SMILES string of the molecule is CCC[CH2][Sn]([CH2]CCC)([CH2]CCC)[c]1ccc2nc(-c3ccc(N(C)C)cc3)sc2c1.CN(C)c1ccc(-c2nc3ccc([125I])cc3s2)cc1. The molecule has 0 saturated heterocycles. The van der Waals surface area contributed by atoms with E-state index in [1.165, 1.54) is 92.8 Å². The molecule has 4 aromatic carbocycles. The Morgan fingerprint density at radius 2 is 0.980 bits per heavy atom. The molecule has 0 spiro atoms. The van der Waals surface area contributed by atoms with Crippen LogP contribution in [0.15, 0.2) is 84.9 Å². The monoisotopic (exact) mass is 922 g/mol. The minimum atomic E-state index is -2.39. The van der Waals surface area contributed by atoms with Crippen molar-refractivity contribution in [3.63, 3.8) is 0 Å². The summed E-state index contributed by atoms with van der Waals surface area (Å²) in [6.07, 6.45) is 8.21. The van der Waals surface area contributed by atoms with E-state index in [1.54, 1.807) is 14.9 Å². The smallest absolute Gasteiger partial charge is 0.124 e. The molecule has 264 valence electrons. The van der Waals surface area contributed by atoms with Gasteiger partial charge in [0.05, 0.1) is 10.2 Å². The van der Waals surface area contributed by atoms with E-state index in [0.29, 0.717) is 0 Å². The summed E-state index contributed by atoms with van der Waals surface area (Å²) in [5.41, 5.74) is 7.10. The number of nitrogens with zero attached hydrogens (tertiary/aromatic N) is 4. The van der Waals surface area contributed by atoms with Crippen LogP contribution in [0, 0.1) is 3.57 Å². The van der Waals surface area contributed by atoms with Crippen molar-refractivity contribution in [1.29, 1.82) is 0 Å². The molecule has 50 heavy (non-hydrogen) atoms. The fraction of sp³-hybridized carbons (Fsp3) is 0.381. The number of benzene rings is 4. The molecule has 0 aliphatic carbocycles. The zero-order valence-corrected chi connectivity index (χ0v) is 37.6. The Kier molecular flexibility index (Phi) is 14.4. The van der Waals surface area contributed by atoms with Crippen LogP contribution in [0.25, 0.3) is 41.6 Å². The molecule has 0 aliphatic rings. The molecule has 0 bridgehead atoms. The van der Waals surface area contributed by atoms with Gasteiger partial charge in [-0.3, -0.25) is 0 Å². The Labute approximate surface area is 326 Å². The third-order valence-corrected chi connectivity index (χ3v) is 28.1. The van der Waals surface area contributed by atoms with Gasteiger partial charge >= 0.3 is 199 Å². The number of hydrogen-bond donors (Lipinski definition) is 0. The van der Waals surface area contributed by atoms with Gasteiger partial charge in [0.25, 0.3) is 0 Å². The number of fused-ring (bicyclic) bond motifs is 2. The fourth-order valence-electron chi connectivity index (χ4n) is 6.56. The molecule has 0 amide bonds. The van der Waals surface area contributed by atoms with E-state index in [4.69, 9.17) is 9.97 Å². The molecule has 4 nitrogen and oxygen atoms in total. The van der Waals surface area contributed by atoms with Crippen molar-refractivity contribution in [3.8, 4) is 21.1 Å². The Morgan fingerprint density at radius 1 is 0.560 bits per heavy atom. The first kappa shape index (κ1) is 39.0. The molecule has 0 aliphatic heterocycles. The first-order chi connectivity index (χ1) is 24.2. The van der Waals surface area contributed by atoms with Gasteiger partial charge in [-0.05, 0) is 65.1 Å². The van der Waals surface area contributed by atoms with Crippen molar-refractivity contribution in [2.75, 3.05) is 38.0 Å². The van der Waals surface area contributed by atoms with Crippen molar-refractivity contribution in [2.45, 2.75) is 72.6 Å². The van der Waals surface area contributed by atoms with Gasteiger partial charge in [-0.25, -0.2) is 4.98 Å². The number of hydrogen-bond acceptors (Lipinski definition) is 6. The first-order valence-corrected chi connectivity index (χ1v) is 28.4. The summed E-state index contributed by atoms with van der Waals surface area (Å²) in [5, 5.41) is 2.23. The molecule has 2 heterocycles. The van der Waals surface area contributed by atoms with E-state index in [-0.39, 0.29) is 0 Å². The molecule has 2 aromatic heterocycles. The van der Waals surface area contributed by atoms with Crippen molar-refractivity contribution >= 4 is 99.0 Å². The van der Waals surface area contributed by atoms with Crippen LogP contribution >= 0.6 is 45.3 Å². The molecular weight excluding hydrogens is 868 g/mol. The number of aromatic nitrogens is 2. The van der Waals surface area contributed by atoms with E-state index in [9.17, 15) is 0 Å². The van der Waals surface area contributed by atoms with Crippen LogP contribution in [0.5, 0.6) is 0 Å². The maximum atomic E-state index is 5.00. The predicted octanol–water partition coefficient (Wildman–Crippen LogP) is 12.7. The van der Waals surface area contributed by atoms with Crippen molar-refractivity contribution in [2.24, 2.45) is 0 Å². The molecule has 0 atom stereocenters. The van der Waals surface area contributed by atoms with E-state index in [0.717, 1.165) is 15.5 Å². The molecule has 0 saturated carbocycles. The molecule has 0 radical (unpaired) electrons. The van der Waals surface area contributed by atoms with E-state index in [2.05, 4.69) is 166 Å². The Bertz CT molecular complexity index is 1930. The molecule has 0 unspecified atom stereocenters. The topological polar surface area (TPSA) is 32.3 Å². The summed E-state index contributed by atoms with van der Waals surface area (Å²) in [4.78, 5) is 13.9. The van der Waals surface area contributed by atoms with Crippen LogP contribution in [0.3, 0.4) is 0 Å². The Morgan fingerprint density at radius 3 is 1.40 bits per heavy atom. The van der Waals surface area contributed by atoms with Crippen LogP contribution in [-0.2, 0) is 0 Å². The van der Waals surface area contributed by atoms with Crippen LogP contribution in [0.4, 0.5) is 11.4 Å². The van der Waals surface area contributed by atoms with Crippen molar-refractivity contribution in [1.82, 2.24) is 9.97 Å². The van der Waals surface area contributed by atoms with Gasteiger partial charge in [0.15, 0.2) is 0 Å². The number of unbranched alkanes of at least 4 members (excludes halogenated alkanes) is 3. The van der Waals surface area contributed by atoms with Gasteiger partial charge in [-0.1, -0.05) is 0 Å². The zero-order valence-electron chi connectivity index (χ0n) is 30.9. The second-order valence-corrected chi connectivity index (χ2v) is 30.4. The van der Waals surface area contributed by atoms with Gasteiger partial charge in [-0.2, -0.15) is 0 Å². The van der Waals surface area contributed by atoms with E-state index >= 15 is 0 Å². The largest absolute Gasteiger partial charge is 0.378 e. The number of thiazole rings is 2. The molecule has 0 fully saturated rings. The van der Waals surface area contributed by atoms with Gasteiger partial charge in [0.1, 0.15) is 5.01 Å². The summed E-state index contributed by atoms with van der Waals surface area (Å²) in [6, 6.07) is 31.1. The van der Waals surface area contributed by atoms with Gasteiger partial charge in [-0.15, -0.1) is 11.3 Å². The third kappa shape index (κ3) is 9.80. The molecule has 0 N–H and O–H groups in total. The normalized spacial score (nSPS) is 11.5. The summed E-state index contributed by atoms with van der Waals surface area (Å²) in [6.45, 7) is 7.07. The van der Waals surface area contributed by atoms with E-state index in [1.807, 2.05) is 11.3 Å². The minimum absolute atomic E-state index is 1.08. The zero-order chi connectivity index (χ0) is 35.7. The van der Waals surface area contributed by atoms with Crippen LogP contribution < -0.4 is 13.4 Å². The number of rotatable bonds is 14. The molecule has 8 heteroatoms. The molecule has 6 aromatic rings. The predicted molar refractivity (Wildman–Crippen MR) is 236 cm³/mol.